The van der Waals surface area contributed by atoms with Gasteiger partial charge in [0.15, 0.2) is 5.82 Å². The Bertz CT molecular complexity index is 483. The van der Waals surface area contributed by atoms with Gasteiger partial charge in [0.05, 0.1) is 13.7 Å². The van der Waals surface area contributed by atoms with Crippen LogP contribution in [-0.4, -0.2) is 38.9 Å². The average Bonchev–Trinajstić information content (AvgIpc) is 2.83. The largest absolute Gasteiger partial charge is 0.324 e. The topological polar surface area (TPSA) is 95.0 Å². The first-order valence-corrected chi connectivity index (χ1v) is 4.97. The SMILES string of the molecule is CON(C)c1nc(CN)n(-c2ncccn2)n1. The Labute approximate surface area is 98.0 Å². The lowest BCUT2D eigenvalue weighted by atomic mass is 10.6. The quantitative estimate of drug-likeness (QED) is 0.714. The second kappa shape index (κ2) is 4.85. The molecule has 0 aliphatic rings. The van der Waals surface area contributed by atoms with Crippen LogP contribution in [0, 0.1) is 0 Å². The van der Waals surface area contributed by atoms with Gasteiger partial charge in [0.25, 0.3) is 11.9 Å². The maximum Gasteiger partial charge on any atom is 0.269 e. The van der Waals surface area contributed by atoms with Crippen LogP contribution in [0.2, 0.25) is 0 Å². The molecule has 0 radical (unpaired) electrons. The number of hydrogen-bond acceptors (Lipinski definition) is 7. The van der Waals surface area contributed by atoms with Crippen molar-refractivity contribution in [1.29, 1.82) is 0 Å². The summed E-state index contributed by atoms with van der Waals surface area (Å²) in [6, 6.07) is 1.73. The Morgan fingerprint density at radius 3 is 2.71 bits per heavy atom. The summed E-state index contributed by atoms with van der Waals surface area (Å²) in [5.41, 5.74) is 5.60. The molecule has 0 aliphatic heterocycles. The van der Waals surface area contributed by atoms with Gasteiger partial charge < -0.3 is 5.73 Å². The van der Waals surface area contributed by atoms with Crippen molar-refractivity contribution in [2.75, 3.05) is 19.2 Å². The molecule has 2 aromatic heterocycles. The monoisotopic (exact) mass is 235 g/mol. The number of nitrogens with two attached hydrogens (primary N) is 1. The van der Waals surface area contributed by atoms with Crippen LogP contribution in [0.1, 0.15) is 5.82 Å². The van der Waals surface area contributed by atoms with Gasteiger partial charge in [0.1, 0.15) is 0 Å². The summed E-state index contributed by atoms with van der Waals surface area (Å²) < 4.78 is 1.49. The lowest BCUT2D eigenvalue weighted by Gasteiger charge is -2.09. The minimum absolute atomic E-state index is 0.239. The van der Waals surface area contributed by atoms with Crippen molar-refractivity contribution in [1.82, 2.24) is 24.7 Å². The molecule has 17 heavy (non-hydrogen) atoms. The molecule has 0 atom stereocenters. The van der Waals surface area contributed by atoms with Crippen molar-refractivity contribution in [3.8, 4) is 5.95 Å². The molecule has 0 amide bonds. The van der Waals surface area contributed by atoms with Crippen LogP contribution in [0.3, 0.4) is 0 Å². The Morgan fingerprint density at radius 1 is 1.41 bits per heavy atom. The molecule has 2 heterocycles. The number of hydrogen-bond donors (Lipinski definition) is 1. The third-order valence-corrected chi connectivity index (χ3v) is 2.14. The molecule has 8 heteroatoms. The molecule has 2 rings (SSSR count). The third kappa shape index (κ3) is 2.22. The Hall–Kier alpha value is -2.06. The van der Waals surface area contributed by atoms with Crippen molar-refractivity contribution >= 4 is 5.95 Å². The van der Waals surface area contributed by atoms with Gasteiger partial charge in [-0.3, -0.25) is 4.84 Å². The van der Waals surface area contributed by atoms with Crippen molar-refractivity contribution in [2.24, 2.45) is 5.73 Å². The highest BCUT2D eigenvalue weighted by atomic mass is 16.7. The molecule has 2 aromatic rings. The minimum Gasteiger partial charge on any atom is -0.324 e. The summed E-state index contributed by atoms with van der Waals surface area (Å²) in [6.45, 7) is 0.239. The summed E-state index contributed by atoms with van der Waals surface area (Å²) in [5, 5.41) is 5.65. The van der Waals surface area contributed by atoms with Crippen LogP contribution in [0.15, 0.2) is 18.5 Å². The van der Waals surface area contributed by atoms with Gasteiger partial charge in [-0.15, -0.1) is 5.10 Å². The summed E-state index contributed by atoms with van der Waals surface area (Å²) >= 11 is 0. The second-order valence-electron chi connectivity index (χ2n) is 3.17. The smallest absolute Gasteiger partial charge is 0.269 e. The number of hydroxylamine groups is 1. The highest BCUT2D eigenvalue weighted by molar-refractivity contribution is 5.26. The van der Waals surface area contributed by atoms with Gasteiger partial charge in [-0.05, 0) is 6.07 Å². The summed E-state index contributed by atoms with van der Waals surface area (Å²) in [6.07, 6.45) is 3.26. The fraction of sp³-hybridized carbons (Fsp3) is 0.333. The summed E-state index contributed by atoms with van der Waals surface area (Å²) in [7, 11) is 3.23. The fourth-order valence-corrected chi connectivity index (χ4v) is 1.24. The predicted molar refractivity (Wildman–Crippen MR) is 60.3 cm³/mol. The van der Waals surface area contributed by atoms with E-state index in [0.717, 1.165) is 0 Å². The van der Waals surface area contributed by atoms with Gasteiger partial charge in [-0.25, -0.2) is 15.0 Å². The first-order chi connectivity index (χ1) is 8.26. The van der Waals surface area contributed by atoms with Gasteiger partial charge in [-0.1, -0.05) is 0 Å². The Morgan fingerprint density at radius 2 is 2.12 bits per heavy atom. The maximum atomic E-state index is 5.60. The van der Waals surface area contributed by atoms with E-state index in [4.69, 9.17) is 10.6 Å². The average molecular weight is 235 g/mol. The zero-order valence-electron chi connectivity index (χ0n) is 9.61. The number of aromatic nitrogens is 5. The van der Waals surface area contributed by atoms with Gasteiger partial charge in [0, 0.05) is 19.4 Å². The van der Waals surface area contributed by atoms with Gasteiger partial charge in [0.2, 0.25) is 0 Å². The maximum absolute atomic E-state index is 5.60. The van der Waals surface area contributed by atoms with E-state index < -0.39 is 0 Å². The molecule has 0 bridgehead atoms. The normalized spacial score (nSPS) is 10.5. The van der Waals surface area contributed by atoms with Crippen molar-refractivity contribution in [3.05, 3.63) is 24.3 Å². The first-order valence-electron chi connectivity index (χ1n) is 4.97. The van der Waals surface area contributed by atoms with Crippen LogP contribution in [0.25, 0.3) is 5.95 Å². The second-order valence-corrected chi connectivity index (χ2v) is 3.17. The van der Waals surface area contributed by atoms with E-state index in [1.165, 1.54) is 16.9 Å². The zero-order valence-corrected chi connectivity index (χ0v) is 9.61. The van der Waals surface area contributed by atoms with Crippen molar-refractivity contribution in [2.45, 2.75) is 6.54 Å². The van der Waals surface area contributed by atoms with E-state index in [1.807, 2.05) is 0 Å². The molecule has 8 nitrogen and oxygen atoms in total. The molecule has 90 valence electrons. The molecule has 0 spiro atoms. The predicted octanol–water partition coefficient (Wildman–Crippen LogP) is -0.486. The molecule has 2 N–H and O–H groups in total. The van der Waals surface area contributed by atoms with E-state index >= 15 is 0 Å². The van der Waals surface area contributed by atoms with E-state index in [0.29, 0.717) is 17.7 Å². The first kappa shape index (κ1) is 11.4. The molecule has 0 aromatic carbocycles. The molecule has 0 fully saturated rings. The van der Waals surface area contributed by atoms with Crippen LogP contribution in [0.5, 0.6) is 0 Å². The van der Waals surface area contributed by atoms with E-state index in [-0.39, 0.29) is 6.54 Å². The van der Waals surface area contributed by atoms with Crippen LogP contribution in [0.4, 0.5) is 5.95 Å². The summed E-state index contributed by atoms with van der Waals surface area (Å²) in [5.74, 6) is 1.40. The van der Waals surface area contributed by atoms with E-state index in [9.17, 15) is 0 Å². The number of rotatable bonds is 4. The van der Waals surface area contributed by atoms with Crippen LogP contribution >= 0.6 is 0 Å². The lowest BCUT2D eigenvalue weighted by Crippen LogP contribution is -2.16. The molecule has 0 aliphatic carbocycles. The van der Waals surface area contributed by atoms with E-state index in [2.05, 4.69) is 20.1 Å². The van der Waals surface area contributed by atoms with Crippen molar-refractivity contribution < 1.29 is 4.84 Å². The van der Waals surface area contributed by atoms with Crippen LogP contribution < -0.4 is 10.8 Å². The Kier molecular flexibility index (Phi) is 3.26. The standard InChI is InChI=1S/C9H13N7O/c1-15(17-2)9-13-7(6-10)16(14-9)8-11-4-3-5-12-8/h3-5H,6,10H2,1-2H3. The van der Waals surface area contributed by atoms with Crippen LogP contribution in [-0.2, 0) is 11.4 Å². The molecule has 0 saturated carbocycles. The number of anilines is 1. The van der Waals surface area contributed by atoms with E-state index in [1.54, 1.807) is 25.5 Å². The van der Waals surface area contributed by atoms with Gasteiger partial charge in [-0.2, -0.15) is 9.67 Å². The molecular formula is C9H13N7O. The summed E-state index contributed by atoms with van der Waals surface area (Å²) in [4.78, 5) is 17.4. The molecule has 0 saturated heterocycles. The van der Waals surface area contributed by atoms with Crippen molar-refractivity contribution in [3.63, 3.8) is 0 Å². The molecular weight excluding hydrogens is 222 g/mol. The minimum atomic E-state index is 0.239. The fourth-order valence-electron chi connectivity index (χ4n) is 1.24. The highest BCUT2D eigenvalue weighted by Gasteiger charge is 2.14. The van der Waals surface area contributed by atoms with Gasteiger partial charge >= 0.3 is 0 Å². The molecule has 0 unspecified atom stereocenters. The lowest BCUT2D eigenvalue weighted by molar-refractivity contribution is 0.180. The number of nitrogens with zero attached hydrogens (tertiary/aromatic N) is 6. The third-order valence-electron chi connectivity index (χ3n) is 2.14. The highest BCUT2D eigenvalue weighted by Crippen LogP contribution is 2.10. The zero-order chi connectivity index (χ0) is 12.3. The Balaban J connectivity index is 2.43.